The highest BCUT2D eigenvalue weighted by atomic mass is 16.3. The molecule has 0 saturated heterocycles. The highest BCUT2D eigenvalue weighted by molar-refractivity contribution is 6.26. The SMILES string of the molecule is C=N/C(=N\Cc1cccc(-c2ccccc2)c1)c1cc(-c2ccc3c4ccccc4c4ccccc4c3c2)c2c(c1)oc1ccccc12. The number of benzene rings is 8. The lowest BCUT2D eigenvalue weighted by Gasteiger charge is -2.13. The molecule has 3 heteroatoms. The number of para-hydroxylation sites is 1. The summed E-state index contributed by atoms with van der Waals surface area (Å²) in [7, 11) is 0. The van der Waals surface area contributed by atoms with E-state index in [4.69, 9.17) is 9.41 Å². The van der Waals surface area contributed by atoms with Crippen LogP contribution in [0.15, 0.2) is 172 Å². The Bertz CT molecular complexity index is 2680. The lowest BCUT2D eigenvalue weighted by molar-refractivity contribution is 0.669. The van der Waals surface area contributed by atoms with Gasteiger partial charge in [-0.1, -0.05) is 127 Å². The molecule has 8 aromatic carbocycles. The predicted octanol–water partition coefficient (Wildman–Crippen LogP) is 12.0. The first-order chi connectivity index (χ1) is 23.7. The van der Waals surface area contributed by atoms with Crippen molar-refractivity contribution >= 4 is 66.8 Å². The Labute approximate surface area is 278 Å². The fourth-order valence-electron chi connectivity index (χ4n) is 7.16. The van der Waals surface area contributed by atoms with Gasteiger partial charge in [0.05, 0.1) is 6.54 Å². The molecular formula is C45H30N2O. The van der Waals surface area contributed by atoms with Crippen molar-refractivity contribution < 1.29 is 4.42 Å². The molecule has 0 aliphatic rings. The summed E-state index contributed by atoms with van der Waals surface area (Å²) in [6, 6.07) is 55.6. The molecule has 226 valence electrons. The van der Waals surface area contributed by atoms with Gasteiger partial charge in [-0.3, -0.25) is 4.99 Å². The molecule has 0 N–H and O–H groups in total. The summed E-state index contributed by atoms with van der Waals surface area (Å²) in [5, 5.41) is 9.65. The number of hydrogen-bond acceptors (Lipinski definition) is 2. The van der Waals surface area contributed by atoms with Crippen LogP contribution in [0.5, 0.6) is 0 Å². The van der Waals surface area contributed by atoms with Crippen LogP contribution in [0.3, 0.4) is 0 Å². The van der Waals surface area contributed by atoms with Crippen molar-refractivity contribution in [3.8, 4) is 22.3 Å². The number of nitrogens with zero attached hydrogens (tertiary/aromatic N) is 2. The molecule has 9 aromatic rings. The van der Waals surface area contributed by atoms with E-state index in [2.05, 4.69) is 151 Å². The molecule has 1 heterocycles. The van der Waals surface area contributed by atoms with E-state index in [1.54, 1.807) is 0 Å². The first-order valence-electron chi connectivity index (χ1n) is 16.2. The smallest absolute Gasteiger partial charge is 0.154 e. The summed E-state index contributed by atoms with van der Waals surface area (Å²) in [4.78, 5) is 9.42. The van der Waals surface area contributed by atoms with Crippen LogP contribution in [0, 0.1) is 0 Å². The van der Waals surface area contributed by atoms with Crippen LogP contribution in [-0.4, -0.2) is 12.6 Å². The van der Waals surface area contributed by atoms with Gasteiger partial charge in [0, 0.05) is 16.3 Å². The second kappa shape index (κ2) is 11.5. The van der Waals surface area contributed by atoms with Crippen LogP contribution in [0.25, 0.3) is 76.5 Å². The summed E-state index contributed by atoms with van der Waals surface area (Å²) >= 11 is 0. The predicted molar refractivity (Wildman–Crippen MR) is 203 cm³/mol. The van der Waals surface area contributed by atoms with Gasteiger partial charge in [0.25, 0.3) is 0 Å². The van der Waals surface area contributed by atoms with Crippen molar-refractivity contribution in [1.29, 1.82) is 0 Å². The second-order valence-corrected chi connectivity index (χ2v) is 12.2. The highest BCUT2D eigenvalue weighted by Crippen LogP contribution is 2.41. The zero-order valence-corrected chi connectivity index (χ0v) is 26.2. The van der Waals surface area contributed by atoms with Gasteiger partial charge in [0.1, 0.15) is 11.2 Å². The van der Waals surface area contributed by atoms with Gasteiger partial charge in [-0.05, 0) is 97.2 Å². The van der Waals surface area contributed by atoms with E-state index < -0.39 is 0 Å². The Hall–Kier alpha value is -6.32. The van der Waals surface area contributed by atoms with Gasteiger partial charge in [-0.2, -0.15) is 0 Å². The summed E-state index contributed by atoms with van der Waals surface area (Å²) in [5.74, 6) is 0.584. The number of fused-ring (bicyclic) bond motifs is 9. The average Bonchev–Trinajstić information content (AvgIpc) is 3.54. The van der Waals surface area contributed by atoms with Crippen molar-refractivity contribution in [1.82, 2.24) is 0 Å². The first kappa shape index (κ1) is 27.9. The van der Waals surface area contributed by atoms with Crippen molar-refractivity contribution in [3.63, 3.8) is 0 Å². The molecule has 0 spiro atoms. The number of furan rings is 1. The van der Waals surface area contributed by atoms with Gasteiger partial charge in [0.2, 0.25) is 0 Å². The Morgan fingerprint density at radius 2 is 1.10 bits per heavy atom. The summed E-state index contributed by atoms with van der Waals surface area (Å²) < 4.78 is 6.48. The van der Waals surface area contributed by atoms with Crippen molar-refractivity contribution in [2.45, 2.75) is 6.54 Å². The topological polar surface area (TPSA) is 37.9 Å². The monoisotopic (exact) mass is 614 g/mol. The van der Waals surface area contributed by atoms with Gasteiger partial charge >= 0.3 is 0 Å². The number of aliphatic imine (C=N–C) groups is 2. The fraction of sp³-hybridized carbons (Fsp3) is 0.0222. The molecule has 0 bridgehead atoms. The van der Waals surface area contributed by atoms with Gasteiger partial charge in [-0.25, -0.2) is 4.99 Å². The number of amidine groups is 1. The van der Waals surface area contributed by atoms with Crippen LogP contribution in [0.1, 0.15) is 11.1 Å². The highest BCUT2D eigenvalue weighted by Gasteiger charge is 2.18. The van der Waals surface area contributed by atoms with E-state index in [9.17, 15) is 0 Å². The lowest BCUT2D eigenvalue weighted by Crippen LogP contribution is -1.99. The van der Waals surface area contributed by atoms with Crippen molar-refractivity contribution in [2.24, 2.45) is 9.98 Å². The average molecular weight is 615 g/mol. The normalized spacial score (nSPS) is 12.0. The Balaban J connectivity index is 1.22. The standard InChI is InChI=1S/C45H30N2O/c1-46-45(47-28-29-12-11-15-31(24-29)30-13-3-2-4-14-30)33-26-40(44-39-20-9-10-21-42(39)48-43(44)27-33)32-22-23-38-36-18-6-5-16-34(36)35-17-7-8-19-37(35)41(38)25-32/h2-27H,1,28H2/b47-45-. The van der Waals surface area contributed by atoms with Crippen molar-refractivity contribution in [2.75, 3.05) is 0 Å². The molecule has 0 aliphatic heterocycles. The Morgan fingerprint density at radius 3 is 1.83 bits per heavy atom. The largest absolute Gasteiger partial charge is 0.456 e. The van der Waals surface area contributed by atoms with Crippen LogP contribution in [0.4, 0.5) is 0 Å². The zero-order chi connectivity index (χ0) is 32.0. The van der Waals surface area contributed by atoms with Crippen LogP contribution < -0.4 is 0 Å². The third-order valence-corrected chi connectivity index (χ3v) is 9.39. The number of rotatable bonds is 5. The maximum absolute atomic E-state index is 6.48. The minimum atomic E-state index is 0.484. The quantitative estimate of drug-likeness (QED) is 0.108. The molecule has 9 rings (SSSR count). The van der Waals surface area contributed by atoms with Gasteiger partial charge in [0.15, 0.2) is 5.84 Å². The summed E-state index contributed by atoms with van der Waals surface area (Å²) in [5.41, 5.74) is 8.17. The molecule has 0 amide bonds. The van der Waals surface area contributed by atoms with Crippen LogP contribution >= 0.6 is 0 Å². The molecule has 0 fully saturated rings. The minimum Gasteiger partial charge on any atom is -0.456 e. The summed E-state index contributed by atoms with van der Waals surface area (Å²) in [6.07, 6.45) is 0. The molecule has 0 saturated carbocycles. The molecule has 48 heavy (non-hydrogen) atoms. The zero-order valence-electron chi connectivity index (χ0n) is 26.2. The minimum absolute atomic E-state index is 0.484. The van der Waals surface area contributed by atoms with E-state index in [-0.39, 0.29) is 0 Å². The third-order valence-electron chi connectivity index (χ3n) is 9.39. The lowest BCUT2D eigenvalue weighted by atomic mass is 9.90. The van der Waals surface area contributed by atoms with Gasteiger partial charge < -0.3 is 4.42 Å². The van der Waals surface area contributed by atoms with Crippen molar-refractivity contribution in [3.05, 3.63) is 169 Å². The maximum Gasteiger partial charge on any atom is 0.154 e. The van der Waals surface area contributed by atoms with Gasteiger partial charge in [-0.15, -0.1) is 0 Å². The molecule has 0 radical (unpaired) electrons. The molecule has 0 aliphatic carbocycles. The molecule has 0 atom stereocenters. The number of hydrogen-bond donors (Lipinski definition) is 0. The maximum atomic E-state index is 6.48. The molecular weight excluding hydrogens is 585 g/mol. The van der Waals surface area contributed by atoms with E-state index in [0.717, 1.165) is 44.2 Å². The van der Waals surface area contributed by atoms with E-state index in [0.29, 0.717) is 12.4 Å². The van der Waals surface area contributed by atoms with Crippen LogP contribution in [-0.2, 0) is 6.54 Å². The van der Waals surface area contributed by atoms with E-state index in [1.807, 2.05) is 18.2 Å². The third kappa shape index (κ3) is 4.68. The van der Waals surface area contributed by atoms with Crippen LogP contribution in [0.2, 0.25) is 0 Å². The molecule has 0 unspecified atom stereocenters. The Kier molecular flexibility index (Phi) is 6.69. The summed E-state index contributed by atoms with van der Waals surface area (Å²) in [6.45, 7) is 4.42. The molecule has 1 aromatic heterocycles. The second-order valence-electron chi connectivity index (χ2n) is 12.2. The van der Waals surface area contributed by atoms with E-state index in [1.165, 1.54) is 43.4 Å². The van der Waals surface area contributed by atoms with E-state index >= 15 is 0 Å². The Morgan fingerprint density at radius 1 is 0.479 bits per heavy atom. The first-order valence-corrected chi connectivity index (χ1v) is 16.2. The molecule has 3 nitrogen and oxygen atoms in total. The fourth-order valence-corrected chi connectivity index (χ4v) is 7.16.